The largest absolute Gasteiger partial charge is 0.764 e. The Balaban J connectivity index is 2.45. The fourth-order valence-corrected chi connectivity index (χ4v) is 4.21. The van der Waals surface area contributed by atoms with Crippen molar-refractivity contribution in [2.75, 3.05) is 0 Å². The summed E-state index contributed by atoms with van der Waals surface area (Å²) >= 11 is 0. The molecule has 0 aromatic heterocycles. The molecule has 0 N–H and O–H groups in total. The topological polar surface area (TPSA) is 106 Å². The Kier molecular flexibility index (Phi) is 4.71. The lowest BCUT2D eigenvalue weighted by molar-refractivity contribution is -0.384. The first-order chi connectivity index (χ1) is 12.4. The van der Waals surface area contributed by atoms with Crippen molar-refractivity contribution in [1.82, 2.24) is 4.25 Å². The zero-order valence-electron chi connectivity index (χ0n) is 13.5. The number of quaternary nitrogens is 1. The minimum absolute atomic E-state index is 0.0232. The minimum Gasteiger partial charge on any atom is -0.764 e. The Labute approximate surface area is 149 Å². The Morgan fingerprint density at radius 1 is 0.731 bits per heavy atom. The minimum atomic E-state index is -5.41. The Morgan fingerprint density at radius 3 is 1.62 bits per heavy atom. The fourth-order valence-electron chi connectivity index (χ4n) is 2.97. The van der Waals surface area contributed by atoms with E-state index in [9.17, 15) is 24.5 Å². The predicted molar refractivity (Wildman–Crippen MR) is 94.7 cm³/mol. The molecule has 0 aliphatic carbocycles. The number of nitro groups is 1. The predicted octanol–water partition coefficient (Wildman–Crippen LogP) is 3.39. The second-order valence-electron chi connectivity index (χ2n) is 5.55. The number of rotatable bonds is 5. The molecule has 0 heterocycles. The second kappa shape index (κ2) is 6.82. The molecule has 0 atom stereocenters. The Bertz CT molecular complexity index is 934. The summed E-state index contributed by atoms with van der Waals surface area (Å²) in [7, 11) is -5.41. The number of hydrogen-bond acceptors (Lipinski definition) is 5. The number of benzene rings is 3. The van der Waals surface area contributed by atoms with Gasteiger partial charge in [0.2, 0.25) is 0 Å². The van der Waals surface area contributed by atoms with Crippen LogP contribution in [0.5, 0.6) is 0 Å². The summed E-state index contributed by atoms with van der Waals surface area (Å²) in [4.78, 5) is 35.8. The van der Waals surface area contributed by atoms with Crippen LogP contribution >= 0.6 is 7.75 Å². The van der Waals surface area contributed by atoms with E-state index in [0.29, 0.717) is 0 Å². The third-order valence-electron chi connectivity index (χ3n) is 4.04. The van der Waals surface area contributed by atoms with Gasteiger partial charge in [-0.15, -0.1) is 0 Å². The Hall–Kier alpha value is -2.83. The average Bonchev–Trinajstić information content (AvgIpc) is 2.63. The summed E-state index contributed by atoms with van der Waals surface area (Å²) in [6.07, 6.45) is 0. The summed E-state index contributed by atoms with van der Waals surface area (Å²) in [5, 5.41) is 11.2. The maximum atomic E-state index is 12.6. The lowest BCUT2D eigenvalue weighted by Crippen LogP contribution is -2.44. The van der Waals surface area contributed by atoms with Gasteiger partial charge in [-0.3, -0.25) is 14.7 Å². The number of nitro benzene ring substituents is 1. The zero-order chi connectivity index (χ0) is 18.8. The highest BCUT2D eigenvalue weighted by molar-refractivity contribution is 7.49. The van der Waals surface area contributed by atoms with E-state index in [4.69, 9.17) is 0 Å². The molecule has 0 aliphatic heterocycles. The zero-order valence-corrected chi connectivity index (χ0v) is 14.4. The summed E-state index contributed by atoms with van der Waals surface area (Å²) in [5.41, 5.74) is 0.0234. The Morgan fingerprint density at radius 2 is 1.19 bits per heavy atom. The molecule has 0 unspecified atom stereocenters. The molecule has 8 heteroatoms. The molecule has 132 valence electrons. The highest BCUT2D eigenvalue weighted by Crippen LogP contribution is 2.59. The van der Waals surface area contributed by atoms with Crippen LogP contribution in [0.15, 0.2) is 84.9 Å². The van der Waals surface area contributed by atoms with Gasteiger partial charge < -0.3 is 9.79 Å². The van der Waals surface area contributed by atoms with Crippen molar-refractivity contribution < 1.29 is 19.3 Å². The molecule has 0 aliphatic rings. The van der Waals surface area contributed by atoms with Crippen LogP contribution in [0.2, 0.25) is 0 Å². The second-order valence-corrected chi connectivity index (χ2v) is 7.09. The quantitative estimate of drug-likeness (QED) is 0.389. The summed E-state index contributed by atoms with van der Waals surface area (Å²) in [6.45, 7) is 0. The van der Waals surface area contributed by atoms with Crippen LogP contribution in [0.25, 0.3) is 0 Å². The molecule has 0 fully saturated rings. The maximum absolute atomic E-state index is 12.6. The molecule has 0 bridgehead atoms. The van der Waals surface area contributed by atoms with Crippen molar-refractivity contribution in [2.24, 2.45) is 0 Å². The molecule has 3 aromatic rings. The van der Waals surface area contributed by atoms with Crippen molar-refractivity contribution in [3.05, 3.63) is 95.0 Å². The molecule has 0 saturated heterocycles. The number of nitrogens with zero attached hydrogens (tertiary/aromatic N) is 2. The van der Waals surface area contributed by atoms with E-state index in [1.165, 1.54) is 42.5 Å². The van der Waals surface area contributed by atoms with Crippen LogP contribution in [0.3, 0.4) is 0 Å². The number of non-ortho nitro benzene ring substituents is 1. The molecule has 26 heavy (non-hydrogen) atoms. The van der Waals surface area contributed by atoms with Crippen LogP contribution in [-0.4, -0.2) is 4.92 Å². The molecule has 0 saturated carbocycles. The van der Waals surface area contributed by atoms with E-state index in [2.05, 4.69) is 0 Å². The van der Waals surface area contributed by atoms with Gasteiger partial charge in [-0.05, 0) is 6.07 Å². The van der Waals surface area contributed by atoms with E-state index in [1.807, 2.05) is 0 Å². The lowest BCUT2D eigenvalue weighted by Gasteiger charge is -2.49. The van der Waals surface area contributed by atoms with Gasteiger partial charge in [0.05, 0.1) is 11.0 Å². The smallest absolute Gasteiger partial charge is 0.275 e. The molecule has 7 nitrogen and oxygen atoms in total. The lowest BCUT2D eigenvalue weighted by atomic mass is 10.2. The summed E-state index contributed by atoms with van der Waals surface area (Å²) in [6, 6.07) is 21.0. The van der Waals surface area contributed by atoms with E-state index in [-0.39, 0.29) is 22.7 Å². The van der Waals surface area contributed by atoms with E-state index in [0.717, 1.165) is 6.07 Å². The van der Waals surface area contributed by atoms with Gasteiger partial charge >= 0.3 is 0 Å². The van der Waals surface area contributed by atoms with Crippen molar-refractivity contribution in [3.63, 3.8) is 0 Å². The summed E-state index contributed by atoms with van der Waals surface area (Å²) in [5.74, 6) is 0. The maximum Gasteiger partial charge on any atom is 0.275 e. The van der Waals surface area contributed by atoms with E-state index in [1.54, 1.807) is 36.4 Å². The highest BCUT2D eigenvalue weighted by Gasteiger charge is 2.41. The van der Waals surface area contributed by atoms with Gasteiger partial charge in [0.1, 0.15) is 19.1 Å². The van der Waals surface area contributed by atoms with Crippen LogP contribution < -0.4 is 14.0 Å². The van der Waals surface area contributed by atoms with Gasteiger partial charge in [0.25, 0.3) is 5.69 Å². The monoisotopic (exact) mass is 369 g/mol. The average molecular weight is 369 g/mol. The molecule has 0 amide bonds. The molecule has 0 spiro atoms. The first-order valence-electron chi connectivity index (χ1n) is 7.65. The van der Waals surface area contributed by atoms with Crippen LogP contribution in [-0.2, 0) is 4.57 Å². The highest BCUT2D eigenvalue weighted by atomic mass is 31.2. The molecular weight excluding hydrogens is 355 g/mol. The van der Waals surface area contributed by atoms with Crippen molar-refractivity contribution in [3.8, 4) is 0 Å². The van der Waals surface area contributed by atoms with Crippen molar-refractivity contribution in [2.45, 2.75) is 0 Å². The molecular formula is C18H14N2O5P-. The standard InChI is InChI=1S/C18H15N2O5P/c21-19(22)15-8-7-13-18(14-15)20(26(23,24)25,16-9-3-1-4-10-16)17-11-5-2-6-12-17/h1-14H,(H-,23,24,25)/p-1. The van der Waals surface area contributed by atoms with Crippen LogP contribution in [0.4, 0.5) is 22.7 Å². The van der Waals surface area contributed by atoms with Crippen LogP contribution in [0, 0.1) is 10.1 Å². The number of hydrogen-bond donors (Lipinski definition) is 0. The molecule has 3 rings (SSSR count). The SMILES string of the molecule is O=[N+]([O-])c1cccc([N+](c2ccccc2)(c2ccccc2)P(=O)([O-])[O-])c1. The van der Waals surface area contributed by atoms with E-state index >= 15 is 0 Å². The normalized spacial score (nSPS) is 11.9. The van der Waals surface area contributed by atoms with Crippen molar-refractivity contribution in [1.29, 1.82) is 0 Å². The molecule has 3 aromatic carbocycles. The van der Waals surface area contributed by atoms with Crippen LogP contribution in [0.1, 0.15) is 0 Å². The van der Waals surface area contributed by atoms with Gasteiger partial charge in [-0.25, -0.2) is 4.25 Å². The van der Waals surface area contributed by atoms with Gasteiger partial charge in [-0.1, -0.05) is 36.4 Å². The summed E-state index contributed by atoms with van der Waals surface area (Å²) < 4.78 is 11.4. The number of para-hydroxylation sites is 2. The first-order valence-corrected chi connectivity index (χ1v) is 9.15. The first kappa shape index (κ1) is 18.0. The molecule has 0 radical (unpaired) electrons. The fraction of sp³-hybridized carbons (Fsp3) is 0. The van der Waals surface area contributed by atoms with Gasteiger partial charge in [0, 0.05) is 36.4 Å². The third-order valence-corrected chi connectivity index (χ3v) is 5.47. The van der Waals surface area contributed by atoms with Gasteiger partial charge in [0.15, 0.2) is 5.69 Å². The van der Waals surface area contributed by atoms with E-state index < -0.39 is 16.9 Å². The van der Waals surface area contributed by atoms with Gasteiger partial charge in [-0.2, -0.15) is 0 Å². The third kappa shape index (κ3) is 2.94. The van der Waals surface area contributed by atoms with Crippen molar-refractivity contribution >= 4 is 30.5 Å².